The molecule has 1 aliphatic rings. The van der Waals surface area contributed by atoms with Crippen molar-refractivity contribution in [1.29, 1.82) is 0 Å². The average molecular weight is 416 g/mol. The largest absolute Gasteiger partial charge is 0.371 e. The number of carbonyl (C=O) groups is 1. The van der Waals surface area contributed by atoms with Crippen LogP contribution < -0.4 is 10.2 Å². The number of benzene rings is 2. The van der Waals surface area contributed by atoms with Crippen molar-refractivity contribution in [3.63, 3.8) is 0 Å². The predicted octanol–water partition coefficient (Wildman–Crippen LogP) is 3.96. The van der Waals surface area contributed by atoms with Crippen LogP contribution in [0.3, 0.4) is 0 Å². The van der Waals surface area contributed by atoms with E-state index in [1.165, 1.54) is 35.7 Å². The van der Waals surface area contributed by atoms with Crippen LogP contribution in [-0.2, 0) is 10.0 Å². The Morgan fingerprint density at radius 1 is 1.03 bits per heavy atom. The molecule has 0 saturated carbocycles. The summed E-state index contributed by atoms with van der Waals surface area (Å²) in [5.74, 6) is -0.329. The molecule has 0 atom stereocenters. The topological polar surface area (TPSA) is 69.7 Å². The number of amides is 1. The highest BCUT2D eigenvalue weighted by atomic mass is 32.2. The lowest BCUT2D eigenvalue weighted by Gasteiger charge is -2.29. The van der Waals surface area contributed by atoms with Gasteiger partial charge >= 0.3 is 0 Å². The number of sulfonamides is 1. The maximum atomic E-state index is 12.8. The number of piperidine rings is 1. The molecule has 1 fully saturated rings. The zero-order valence-electron chi connectivity index (χ0n) is 17.3. The first-order valence-electron chi connectivity index (χ1n) is 10.0. The van der Waals surface area contributed by atoms with Crippen LogP contribution in [0.4, 0.5) is 11.4 Å². The molecule has 1 aliphatic heterocycles. The van der Waals surface area contributed by atoms with Crippen LogP contribution in [0.5, 0.6) is 0 Å². The van der Waals surface area contributed by atoms with Gasteiger partial charge in [0.25, 0.3) is 5.91 Å². The lowest BCUT2D eigenvalue weighted by atomic mass is 10.1. The Bertz CT molecular complexity index is 967. The van der Waals surface area contributed by atoms with E-state index >= 15 is 0 Å². The molecule has 0 spiro atoms. The molecule has 0 unspecified atom stereocenters. The summed E-state index contributed by atoms with van der Waals surface area (Å²) in [6, 6.07) is 13.8. The highest BCUT2D eigenvalue weighted by Crippen LogP contribution is 2.24. The fraction of sp³-hybridized carbons (Fsp3) is 0.409. The van der Waals surface area contributed by atoms with Crippen molar-refractivity contribution in [1.82, 2.24) is 4.31 Å². The van der Waals surface area contributed by atoms with Gasteiger partial charge in [0.1, 0.15) is 0 Å². The minimum Gasteiger partial charge on any atom is -0.371 e. The minimum atomic E-state index is -3.64. The summed E-state index contributed by atoms with van der Waals surface area (Å²) >= 11 is 0. The van der Waals surface area contributed by atoms with Crippen molar-refractivity contribution in [3.05, 3.63) is 54.1 Å². The third-order valence-electron chi connectivity index (χ3n) is 5.33. The number of rotatable bonds is 6. The molecule has 2 aromatic carbocycles. The zero-order chi connectivity index (χ0) is 21.0. The second kappa shape index (κ2) is 8.97. The van der Waals surface area contributed by atoms with Gasteiger partial charge in [-0.15, -0.1) is 0 Å². The lowest BCUT2D eigenvalue weighted by Crippen LogP contribution is -2.33. The summed E-state index contributed by atoms with van der Waals surface area (Å²) in [5, 5.41) is 2.89. The molecule has 156 valence electrons. The normalized spacial score (nSPS) is 15.0. The molecule has 0 aliphatic carbocycles. The third kappa shape index (κ3) is 4.97. The molecule has 1 amide bonds. The fourth-order valence-corrected chi connectivity index (χ4v) is 4.79. The molecule has 1 heterocycles. The predicted molar refractivity (Wildman–Crippen MR) is 117 cm³/mol. The van der Waals surface area contributed by atoms with E-state index in [0.717, 1.165) is 18.8 Å². The van der Waals surface area contributed by atoms with E-state index in [-0.39, 0.29) is 16.8 Å². The minimum absolute atomic E-state index is 0.114. The first-order valence-corrected chi connectivity index (χ1v) is 11.5. The number of carbonyl (C=O) groups excluding carboxylic acids is 1. The summed E-state index contributed by atoms with van der Waals surface area (Å²) in [6.45, 7) is 5.67. The Hall–Kier alpha value is -2.38. The number of anilines is 2. The van der Waals surface area contributed by atoms with Gasteiger partial charge in [0, 0.05) is 43.1 Å². The van der Waals surface area contributed by atoms with Crippen molar-refractivity contribution in [2.45, 2.75) is 44.0 Å². The second-order valence-electron chi connectivity index (χ2n) is 7.69. The van der Waals surface area contributed by atoms with Crippen LogP contribution in [0.1, 0.15) is 43.5 Å². The monoisotopic (exact) mass is 415 g/mol. The number of hydrogen-bond donors (Lipinski definition) is 1. The van der Waals surface area contributed by atoms with Crippen LogP contribution in [0.2, 0.25) is 0 Å². The van der Waals surface area contributed by atoms with Crippen LogP contribution in [0.25, 0.3) is 0 Å². The molecule has 3 rings (SSSR count). The van der Waals surface area contributed by atoms with Crippen molar-refractivity contribution in [2.75, 3.05) is 30.4 Å². The van der Waals surface area contributed by atoms with Gasteiger partial charge in [0.2, 0.25) is 10.0 Å². The maximum absolute atomic E-state index is 12.8. The van der Waals surface area contributed by atoms with E-state index < -0.39 is 10.0 Å². The highest BCUT2D eigenvalue weighted by molar-refractivity contribution is 7.89. The van der Waals surface area contributed by atoms with Gasteiger partial charge in [-0.25, -0.2) is 8.42 Å². The highest BCUT2D eigenvalue weighted by Gasteiger charge is 2.24. The molecule has 2 aromatic rings. The van der Waals surface area contributed by atoms with Gasteiger partial charge in [0.15, 0.2) is 0 Å². The van der Waals surface area contributed by atoms with E-state index in [0.29, 0.717) is 11.3 Å². The number of hydrogen-bond acceptors (Lipinski definition) is 4. The van der Waals surface area contributed by atoms with Crippen LogP contribution in [0.15, 0.2) is 53.4 Å². The zero-order valence-corrected chi connectivity index (χ0v) is 18.1. The maximum Gasteiger partial charge on any atom is 0.255 e. The third-order valence-corrected chi connectivity index (χ3v) is 7.36. The van der Waals surface area contributed by atoms with E-state index in [9.17, 15) is 13.2 Å². The quantitative estimate of drug-likeness (QED) is 0.775. The van der Waals surface area contributed by atoms with Crippen LogP contribution in [-0.4, -0.2) is 44.8 Å². The van der Waals surface area contributed by atoms with E-state index in [2.05, 4.69) is 16.3 Å². The Morgan fingerprint density at radius 3 is 2.41 bits per heavy atom. The summed E-state index contributed by atoms with van der Waals surface area (Å²) in [4.78, 5) is 15.2. The summed E-state index contributed by atoms with van der Waals surface area (Å²) in [7, 11) is -2.10. The SMILES string of the molecule is CC(C)N(C)S(=O)(=O)c1cccc(C(=O)Nc2cccc(N3CCCCC3)c2)c1. The molecule has 0 radical (unpaired) electrons. The van der Waals surface area contributed by atoms with Gasteiger partial charge < -0.3 is 10.2 Å². The molecule has 29 heavy (non-hydrogen) atoms. The van der Waals surface area contributed by atoms with E-state index in [1.54, 1.807) is 19.2 Å². The fourth-order valence-electron chi connectivity index (χ4n) is 3.38. The van der Waals surface area contributed by atoms with Crippen LogP contribution >= 0.6 is 0 Å². The first-order chi connectivity index (χ1) is 13.8. The van der Waals surface area contributed by atoms with Crippen molar-refractivity contribution < 1.29 is 13.2 Å². The van der Waals surface area contributed by atoms with E-state index in [1.807, 2.05) is 32.0 Å². The van der Waals surface area contributed by atoms with Crippen molar-refractivity contribution in [2.24, 2.45) is 0 Å². The number of nitrogens with one attached hydrogen (secondary N) is 1. The standard InChI is InChI=1S/C22H29N3O3S/c1-17(2)24(3)29(27,28)21-12-7-9-18(15-21)22(26)23-19-10-8-11-20(16-19)25-13-5-4-6-14-25/h7-12,15-17H,4-6,13-14H2,1-3H3,(H,23,26). The molecule has 0 bridgehead atoms. The molecule has 1 saturated heterocycles. The van der Waals surface area contributed by atoms with Crippen molar-refractivity contribution in [3.8, 4) is 0 Å². The molecule has 6 nitrogen and oxygen atoms in total. The second-order valence-corrected chi connectivity index (χ2v) is 9.69. The Labute approximate surface area is 173 Å². The molecule has 7 heteroatoms. The summed E-state index contributed by atoms with van der Waals surface area (Å²) < 4.78 is 26.7. The lowest BCUT2D eigenvalue weighted by molar-refractivity contribution is 0.102. The van der Waals surface area contributed by atoms with Gasteiger partial charge in [-0.2, -0.15) is 4.31 Å². The smallest absolute Gasteiger partial charge is 0.255 e. The molecule has 1 N–H and O–H groups in total. The Morgan fingerprint density at radius 2 is 1.72 bits per heavy atom. The Balaban J connectivity index is 1.78. The average Bonchev–Trinajstić information content (AvgIpc) is 2.74. The first kappa shape index (κ1) is 21.3. The summed E-state index contributed by atoms with van der Waals surface area (Å²) in [6.07, 6.45) is 3.63. The van der Waals surface area contributed by atoms with Gasteiger partial charge in [0.05, 0.1) is 4.90 Å². The number of nitrogens with zero attached hydrogens (tertiary/aromatic N) is 2. The van der Waals surface area contributed by atoms with Gasteiger partial charge in [-0.3, -0.25) is 4.79 Å². The molecular formula is C22H29N3O3S. The summed E-state index contributed by atoms with van der Waals surface area (Å²) in [5.41, 5.74) is 2.11. The van der Waals surface area contributed by atoms with Gasteiger partial charge in [-0.1, -0.05) is 12.1 Å². The van der Waals surface area contributed by atoms with Crippen LogP contribution in [0, 0.1) is 0 Å². The molecule has 0 aromatic heterocycles. The Kier molecular flexibility index (Phi) is 6.59. The van der Waals surface area contributed by atoms with Crippen molar-refractivity contribution >= 4 is 27.3 Å². The molecular weight excluding hydrogens is 386 g/mol. The van der Waals surface area contributed by atoms with Gasteiger partial charge in [-0.05, 0) is 69.5 Å². The van der Waals surface area contributed by atoms with E-state index in [4.69, 9.17) is 0 Å².